The highest BCUT2D eigenvalue weighted by atomic mass is 16.5. The first-order valence-electron chi connectivity index (χ1n) is 6.71. The van der Waals surface area contributed by atoms with E-state index in [-0.39, 0.29) is 12.0 Å². The van der Waals surface area contributed by atoms with Crippen LogP contribution in [0.1, 0.15) is 33.1 Å². The van der Waals surface area contributed by atoms with Crippen molar-refractivity contribution in [2.75, 3.05) is 33.3 Å². The third-order valence-corrected chi connectivity index (χ3v) is 3.59. The Labute approximate surface area is 105 Å². The number of hydrogen-bond acceptors (Lipinski definition) is 4. The summed E-state index contributed by atoms with van der Waals surface area (Å²) in [5, 5.41) is 3.26. The lowest BCUT2D eigenvalue weighted by atomic mass is 9.99. The van der Waals surface area contributed by atoms with Crippen LogP contribution < -0.4 is 5.32 Å². The third kappa shape index (κ3) is 5.04. The molecule has 1 aliphatic heterocycles. The second-order valence-corrected chi connectivity index (χ2v) is 4.96. The highest BCUT2D eigenvalue weighted by Gasteiger charge is 2.18. The lowest BCUT2D eigenvalue weighted by Gasteiger charge is -2.30. The molecule has 1 rings (SSSR count). The second kappa shape index (κ2) is 7.67. The van der Waals surface area contributed by atoms with Crippen molar-refractivity contribution in [3.8, 4) is 0 Å². The van der Waals surface area contributed by atoms with E-state index in [2.05, 4.69) is 17.1 Å². The summed E-state index contributed by atoms with van der Waals surface area (Å²) in [7, 11) is 1.44. The molecule has 0 aromatic heterocycles. The number of esters is 1. The quantitative estimate of drug-likeness (QED) is 0.712. The predicted octanol–water partition coefficient (Wildman–Crippen LogP) is 1.26. The second-order valence-electron chi connectivity index (χ2n) is 4.96. The minimum absolute atomic E-state index is 0.149. The molecular weight excluding hydrogens is 216 g/mol. The van der Waals surface area contributed by atoms with Crippen LogP contribution >= 0.6 is 0 Å². The Kier molecular flexibility index (Phi) is 6.52. The van der Waals surface area contributed by atoms with Gasteiger partial charge in [0.2, 0.25) is 0 Å². The number of carbonyl (C=O) groups excluding carboxylic acids is 1. The van der Waals surface area contributed by atoms with Gasteiger partial charge >= 0.3 is 5.97 Å². The maximum atomic E-state index is 11.4. The summed E-state index contributed by atoms with van der Waals surface area (Å²) in [6.07, 6.45) is 3.38. The van der Waals surface area contributed by atoms with E-state index in [1.165, 1.54) is 33.0 Å². The number of piperidine rings is 1. The van der Waals surface area contributed by atoms with E-state index >= 15 is 0 Å². The first-order chi connectivity index (χ1) is 8.17. The summed E-state index contributed by atoms with van der Waals surface area (Å²) in [6.45, 7) is 8.59. The van der Waals surface area contributed by atoms with Crippen LogP contribution in [0, 0.1) is 5.92 Å². The van der Waals surface area contributed by atoms with Crippen molar-refractivity contribution in [1.29, 1.82) is 0 Å². The minimum atomic E-state index is -0.153. The fraction of sp³-hybridized carbons (Fsp3) is 0.923. The van der Waals surface area contributed by atoms with Crippen LogP contribution in [0.3, 0.4) is 0 Å². The molecule has 0 radical (unpaired) electrons. The SMILES string of the molecule is CCC(NCCN1CCC(C)CC1)C(=O)OC. The van der Waals surface area contributed by atoms with Crippen molar-refractivity contribution >= 4 is 5.97 Å². The van der Waals surface area contributed by atoms with Gasteiger partial charge in [0.15, 0.2) is 0 Å². The Hall–Kier alpha value is -0.610. The molecule has 0 spiro atoms. The molecule has 1 atom stereocenters. The van der Waals surface area contributed by atoms with Crippen LogP contribution in [0.2, 0.25) is 0 Å². The van der Waals surface area contributed by atoms with E-state index in [4.69, 9.17) is 4.74 Å². The Morgan fingerprint density at radius 1 is 1.47 bits per heavy atom. The van der Waals surface area contributed by atoms with Gasteiger partial charge < -0.3 is 15.0 Å². The van der Waals surface area contributed by atoms with Crippen LogP contribution in [-0.2, 0) is 9.53 Å². The van der Waals surface area contributed by atoms with Crippen molar-refractivity contribution in [2.24, 2.45) is 5.92 Å². The normalized spacial score (nSPS) is 20.2. The molecule has 0 saturated carbocycles. The number of nitrogens with zero attached hydrogens (tertiary/aromatic N) is 1. The van der Waals surface area contributed by atoms with Gasteiger partial charge in [0.25, 0.3) is 0 Å². The van der Waals surface area contributed by atoms with Gasteiger partial charge in [-0.05, 0) is 38.3 Å². The maximum absolute atomic E-state index is 11.4. The van der Waals surface area contributed by atoms with Crippen molar-refractivity contribution < 1.29 is 9.53 Å². The summed E-state index contributed by atoms with van der Waals surface area (Å²) in [4.78, 5) is 13.8. The first kappa shape index (κ1) is 14.5. The molecule has 1 saturated heterocycles. The maximum Gasteiger partial charge on any atom is 0.322 e. The van der Waals surface area contributed by atoms with E-state index in [0.29, 0.717) is 0 Å². The Balaban J connectivity index is 2.16. The largest absolute Gasteiger partial charge is 0.468 e. The van der Waals surface area contributed by atoms with Crippen LogP contribution in [0.15, 0.2) is 0 Å². The fourth-order valence-electron chi connectivity index (χ4n) is 2.22. The average Bonchev–Trinajstić information content (AvgIpc) is 2.36. The van der Waals surface area contributed by atoms with Gasteiger partial charge in [0, 0.05) is 13.1 Å². The zero-order chi connectivity index (χ0) is 12.7. The van der Waals surface area contributed by atoms with Gasteiger partial charge in [0.05, 0.1) is 7.11 Å². The first-order valence-corrected chi connectivity index (χ1v) is 6.71. The Bertz CT molecular complexity index is 225. The minimum Gasteiger partial charge on any atom is -0.468 e. The number of likely N-dealkylation sites (tertiary alicyclic amines) is 1. The monoisotopic (exact) mass is 242 g/mol. The third-order valence-electron chi connectivity index (χ3n) is 3.59. The molecule has 100 valence electrons. The topological polar surface area (TPSA) is 41.6 Å². The van der Waals surface area contributed by atoms with Gasteiger partial charge in [-0.1, -0.05) is 13.8 Å². The number of ether oxygens (including phenoxy) is 1. The molecule has 1 fully saturated rings. The van der Waals surface area contributed by atoms with Crippen LogP contribution in [0.5, 0.6) is 0 Å². The summed E-state index contributed by atoms with van der Waals surface area (Å²) in [6, 6.07) is -0.149. The molecule has 0 aromatic rings. The molecule has 1 heterocycles. The summed E-state index contributed by atoms with van der Waals surface area (Å²) in [5.41, 5.74) is 0. The molecule has 1 unspecified atom stereocenters. The molecule has 4 nitrogen and oxygen atoms in total. The molecule has 0 aliphatic carbocycles. The van der Waals surface area contributed by atoms with Gasteiger partial charge in [-0.2, -0.15) is 0 Å². The molecule has 0 aromatic carbocycles. The highest BCUT2D eigenvalue weighted by molar-refractivity contribution is 5.75. The summed E-state index contributed by atoms with van der Waals surface area (Å²) >= 11 is 0. The summed E-state index contributed by atoms with van der Waals surface area (Å²) in [5.74, 6) is 0.720. The summed E-state index contributed by atoms with van der Waals surface area (Å²) < 4.78 is 4.74. The van der Waals surface area contributed by atoms with Crippen LogP contribution in [0.4, 0.5) is 0 Å². The number of rotatable bonds is 6. The van der Waals surface area contributed by atoms with Crippen LogP contribution in [-0.4, -0.2) is 50.2 Å². The molecular formula is C13H26N2O2. The van der Waals surface area contributed by atoms with E-state index in [1.807, 2.05) is 6.92 Å². The molecule has 1 N–H and O–H groups in total. The Morgan fingerprint density at radius 2 is 2.12 bits per heavy atom. The standard InChI is InChI=1S/C13H26N2O2/c1-4-12(13(16)17-3)14-7-10-15-8-5-11(2)6-9-15/h11-12,14H,4-10H2,1-3H3. The average molecular weight is 242 g/mol. The van der Waals surface area contributed by atoms with Gasteiger partial charge in [-0.25, -0.2) is 0 Å². The van der Waals surface area contributed by atoms with Crippen molar-refractivity contribution in [3.05, 3.63) is 0 Å². The van der Waals surface area contributed by atoms with E-state index < -0.39 is 0 Å². The predicted molar refractivity (Wildman–Crippen MR) is 68.9 cm³/mol. The number of carbonyl (C=O) groups is 1. The molecule has 4 heteroatoms. The lowest BCUT2D eigenvalue weighted by Crippen LogP contribution is -2.43. The molecule has 1 aliphatic rings. The number of methoxy groups -OCH3 is 1. The van der Waals surface area contributed by atoms with Crippen LogP contribution in [0.25, 0.3) is 0 Å². The Morgan fingerprint density at radius 3 is 2.65 bits per heavy atom. The van der Waals surface area contributed by atoms with Crippen molar-refractivity contribution in [2.45, 2.75) is 39.2 Å². The lowest BCUT2D eigenvalue weighted by molar-refractivity contribution is -0.143. The number of hydrogen-bond donors (Lipinski definition) is 1. The van der Waals surface area contributed by atoms with Crippen molar-refractivity contribution in [1.82, 2.24) is 10.2 Å². The zero-order valence-corrected chi connectivity index (χ0v) is 11.4. The fourth-order valence-corrected chi connectivity index (χ4v) is 2.22. The number of nitrogens with one attached hydrogen (secondary N) is 1. The smallest absolute Gasteiger partial charge is 0.322 e. The molecule has 17 heavy (non-hydrogen) atoms. The zero-order valence-electron chi connectivity index (χ0n) is 11.4. The van der Waals surface area contributed by atoms with Gasteiger partial charge in [-0.3, -0.25) is 4.79 Å². The van der Waals surface area contributed by atoms with E-state index in [9.17, 15) is 4.79 Å². The molecule has 0 amide bonds. The van der Waals surface area contributed by atoms with Crippen molar-refractivity contribution in [3.63, 3.8) is 0 Å². The molecule has 0 bridgehead atoms. The van der Waals surface area contributed by atoms with Gasteiger partial charge in [-0.15, -0.1) is 0 Å². The highest BCUT2D eigenvalue weighted by Crippen LogP contribution is 2.15. The van der Waals surface area contributed by atoms with E-state index in [0.717, 1.165) is 25.4 Å². The van der Waals surface area contributed by atoms with E-state index in [1.54, 1.807) is 0 Å². The van der Waals surface area contributed by atoms with Gasteiger partial charge in [0.1, 0.15) is 6.04 Å².